The fourth-order valence-corrected chi connectivity index (χ4v) is 9.84. The molecule has 4 aliphatic rings. The van der Waals surface area contributed by atoms with Gasteiger partial charge in [-0.25, -0.2) is 14.4 Å². The van der Waals surface area contributed by atoms with Crippen LogP contribution in [0.2, 0.25) is 0 Å². The van der Waals surface area contributed by atoms with Gasteiger partial charge in [0.1, 0.15) is 36.1 Å². The molecule has 2 aromatic carbocycles. The van der Waals surface area contributed by atoms with E-state index in [-0.39, 0.29) is 36.3 Å². The predicted octanol–water partition coefficient (Wildman–Crippen LogP) is 2.72. The molecule has 360 valence electrons. The Kier molecular flexibility index (Phi) is 15.1. The van der Waals surface area contributed by atoms with Crippen LogP contribution in [0.4, 0.5) is 4.79 Å². The van der Waals surface area contributed by atoms with Gasteiger partial charge in [0.2, 0.25) is 6.10 Å². The van der Waals surface area contributed by atoms with Crippen LogP contribution in [0.25, 0.3) is 0 Å². The second kappa shape index (κ2) is 19.9. The average Bonchev–Trinajstić information content (AvgIpc) is 3.26. The molecule has 0 bridgehead atoms. The number of rotatable bonds is 12. The number of carbonyl (C=O) groups is 6. The number of piperazine rings is 1. The molecule has 66 heavy (non-hydrogen) atoms. The van der Waals surface area contributed by atoms with Crippen molar-refractivity contribution >= 4 is 35.8 Å². The molecule has 1 amide bonds. The first kappa shape index (κ1) is 50.2. The van der Waals surface area contributed by atoms with Crippen LogP contribution in [0.15, 0.2) is 71.8 Å². The summed E-state index contributed by atoms with van der Waals surface area (Å²) in [6.07, 6.45) is -11.5. The lowest BCUT2D eigenvalue weighted by molar-refractivity contribution is -0.330. The van der Waals surface area contributed by atoms with Crippen molar-refractivity contribution in [2.45, 2.75) is 128 Å². The van der Waals surface area contributed by atoms with E-state index in [0.29, 0.717) is 31.7 Å². The summed E-state index contributed by atoms with van der Waals surface area (Å²) < 4.78 is 36.2. The zero-order valence-corrected chi connectivity index (χ0v) is 38.7. The summed E-state index contributed by atoms with van der Waals surface area (Å²) in [6.45, 7) is 13.2. The zero-order valence-electron chi connectivity index (χ0n) is 38.7. The molecule has 2 heterocycles. The third kappa shape index (κ3) is 10.8. The topological polar surface area (TPSA) is 246 Å². The SMILES string of the molecule is CC(=O)O[C@@]12CO[C@@H]1C[C@H](O)[C@@]1(C)C(=O)[C@H](O)/C(C(C)(C)O)=C(\C)[C@@H](OC(=O)[C@H](OC(=O)CN3CCNCC3)[C@@H](NC(=O)OC(C)(C)C)c3ccccc3)C[C@@H](OC(=O)c3ccccc3)C12. The minimum absolute atomic E-state index is 0.0422. The average molecular weight is 922 g/mol. The maximum atomic E-state index is 15.2. The normalized spacial score (nSPS) is 30.3. The van der Waals surface area contributed by atoms with E-state index >= 15 is 9.59 Å². The molecular formula is C48H63N3O15. The number of benzene rings is 2. The standard InChI is InChI=1S/C48H63N3O15/c1-27-31(62-43(58)39(64-35(54)25-51-21-19-49-20-22-51)37(29-15-11-9-12-16-29)50-44(59)66-45(3,4)5)23-32(63-42(57)30-17-13-10-14-18-30)40-47(8,41(56)38(55)36(27)46(6,7)60)33(53)24-34-48(40,26-61-34)65-28(2)52/h9-18,31-34,37-40,49,53,55,60H,19-26H2,1-8H3,(H,50,59)/b36-27-/t31-,32+,33-,34+,37-,38+,39+,40?,47+,48-/m0/s1. The van der Waals surface area contributed by atoms with E-state index in [9.17, 15) is 34.5 Å². The molecule has 18 heteroatoms. The number of esters is 4. The maximum absolute atomic E-state index is 15.2. The third-order valence-electron chi connectivity index (χ3n) is 12.8. The number of alkyl carbamates (subject to hydrolysis) is 1. The Bertz CT molecular complexity index is 2150. The summed E-state index contributed by atoms with van der Waals surface area (Å²) >= 11 is 0. The Labute approximate surface area is 384 Å². The lowest BCUT2D eigenvalue weighted by Crippen LogP contribution is -2.77. The summed E-state index contributed by atoms with van der Waals surface area (Å²) in [4.78, 5) is 86.6. The summed E-state index contributed by atoms with van der Waals surface area (Å²) in [5.41, 5.74) is -6.67. The number of aliphatic hydroxyl groups excluding tert-OH is 2. The molecule has 2 aliphatic carbocycles. The van der Waals surface area contributed by atoms with Crippen molar-refractivity contribution in [1.82, 2.24) is 15.5 Å². The second-order valence-corrected chi connectivity index (χ2v) is 19.2. The van der Waals surface area contributed by atoms with Gasteiger partial charge in [-0.3, -0.25) is 19.3 Å². The first-order valence-electron chi connectivity index (χ1n) is 22.2. The first-order chi connectivity index (χ1) is 31.0. The van der Waals surface area contributed by atoms with Gasteiger partial charge in [-0.1, -0.05) is 48.5 Å². The number of hydrogen-bond donors (Lipinski definition) is 5. The molecule has 2 aromatic rings. The van der Waals surface area contributed by atoms with Gasteiger partial charge in [0, 0.05) is 45.9 Å². The molecule has 1 unspecified atom stereocenters. The molecule has 2 saturated heterocycles. The Morgan fingerprint density at radius 2 is 1.56 bits per heavy atom. The van der Waals surface area contributed by atoms with E-state index in [1.165, 1.54) is 39.8 Å². The molecule has 0 radical (unpaired) electrons. The quantitative estimate of drug-likeness (QED) is 0.117. The highest BCUT2D eigenvalue weighted by Crippen LogP contribution is 2.58. The number of amides is 1. The minimum atomic E-state index is -2.16. The molecule has 6 rings (SSSR count). The summed E-state index contributed by atoms with van der Waals surface area (Å²) in [7, 11) is 0. The van der Waals surface area contributed by atoms with Crippen LogP contribution < -0.4 is 10.6 Å². The smallest absolute Gasteiger partial charge is 0.408 e. The molecule has 0 aromatic heterocycles. The van der Waals surface area contributed by atoms with Crippen molar-refractivity contribution in [2.24, 2.45) is 11.3 Å². The van der Waals surface area contributed by atoms with Gasteiger partial charge in [-0.05, 0) is 77.3 Å². The number of nitrogens with zero attached hydrogens (tertiary/aromatic N) is 1. The van der Waals surface area contributed by atoms with E-state index < -0.39 is 113 Å². The van der Waals surface area contributed by atoms with Gasteiger partial charge < -0.3 is 54.4 Å². The largest absolute Gasteiger partial charge is 0.458 e. The van der Waals surface area contributed by atoms with Gasteiger partial charge in [0.25, 0.3) is 0 Å². The van der Waals surface area contributed by atoms with Gasteiger partial charge in [-0.2, -0.15) is 0 Å². The third-order valence-corrected chi connectivity index (χ3v) is 12.8. The fourth-order valence-electron chi connectivity index (χ4n) is 9.84. The van der Waals surface area contributed by atoms with Crippen LogP contribution in [-0.2, 0) is 47.6 Å². The fraction of sp³-hybridized carbons (Fsp3) is 0.583. The van der Waals surface area contributed by atoms with Crippen LogP contribution in [0, 0.1) is 11.3 Å². The molecule has 1 saturated carbocycles. The highest BCUT2D eigenvalue weighted by atomic mass is 16.6. The van der Waals surface area contributed by atoms with Crippen LogP contribution in [0.3, 0.4) is 0 Å². The monoisotopic (exact) mass is 921 g/mol. The summed E-state index contributed by atoms with van der Waals surface area (Å²) in [6, 6.07) is 14.7. The number of ketones is 1. The number of carbonyl (C=O) groups excluding carboxylic acids is 6. The van der Waals surface area contributed by atoms with E-state index in [0.717, 1.165) is 6.92 Å². The molecular weight excluding hydrogens is 859 g/mol. The van der Waals surface area contributed by atoms with Crippen molar-refractivity contribution in [2.75, 3.05) is 39.3 Å². The van der Waals surface area contributed by atoms with Crippen LogP contribution in [0.5, 0.6) is 0 Å². The summed E-state index contributed by atoms with van der Waals surface area (Å²) in [5, 5.41) is 41.9. The molecule has 2 aliphatic heterocycles. The van der Waals surface area contributed by atoms with E-state index in [1.807, 2.05) is 4.90 Å². The lowest BCUT2D eigenvalue weighted by atomic mass is 9.52. The Morgan fingerprint density at radius 3 is 2.12 bits per heavy atom. The number of hydrogen-bond acceptors (Lipinski definition) is 17. The minimum Gasteiger partial charge on any atom is -0.458 e. The molecule has 10 atom stereocenters. The zero-order chi connectivity index (χ0) is 48.4. The van der Waals surface area contributed by atoms with Crippen LogP contribution in [-0.4, -0.2) is 149 Å². The van der Waals surface area contributed by atoms with Crippen LogP contribution >= 0.6 is 0 Å². The van der Waals surface area contributed by atoms with Crippen molar-refractivity contribution in [3.63, 3.8) is 0 Å². The van der Waals surface area contributed by atoms with E-state index in [1.54, 1.807) is 69.3 Å². The van der Waals surface area contributed by atoms with Gasteiger partial charge in [0.05, 0.1) is 41.8 Å². The Morgan fingerprint density at radius 1 is 0.939 bits per heavy atom. The highest BCUT2D eigenvalue weighted by Gasteiger charge is 2.73. The number of Topliss-reactive ketones (excluding diaryl/α,β-unsaturated/α-hetero) is 1. The molecule has 18 nitrogen and oxygen atoms in total. The van der Waals surface area contributed by atoms with Gasteiger partial charge in [0.15, 0.2) is 11.4 Å². The highest BCUT2D eigenvalue weighted by molar-refractivity contribution is 5.93. The first-order valence-corrected chi connectivity index (χ1v) is 22.2. The maximum Gasteiger partial charge on any atom is 0.408 e. The van der Waals surface area contributed by atoms with Gasteiger partial charge >= 0.3 is 30.0 Å². The number of nitrogens with one attached hydrogen (secondary N) is 2. The second-order valence-electron chi connectivity index (χ2n) is 19.2. The molecule has 0 spiro atoms. The number of fused-ring (bicyclic) bond motifs is 3. The predicted molar refractivity (Wildman–Crippen MR) is 234 cm³/mol. The van der Waals surface area contributed by atoms with E-state index in [4.69, 9.17) is 28.4 Å². The Balaban J connectivity index is 1.52. The van der Waals surface area contributed by atoms with Crippen molar-refractivity contribution in [1.29, 1.82) is 0 Å². The van der Waals surface area contributed by atoms with Crippen LogP contribution in [0.1, 0.15) is 90.2 Å². The number of ether oxygens (including phenoxy) is 6. The van der Waals surface area contributed by atoms with Crippen molar-refractivity contribution in [3.05, 3.63) is 82.9 Å². The lowest BCUT2D eigenvalue weighted by Gasteiger charge is -2.63. The Hall–Kier alpha value is -5.24. The van der Waals surface area contributed by atoms with Gasteiger partial charge in [-0.15, -0.1) is 0 Å². The van der Waals surface area contributed by atoms with E-state index in [2.05, 4.69) is 10.6 Å². The number of aliphatic hydroxyl groups is 3. The van der Waals surface area contributed by atoms with Crippen molar-refractivity contribution in [3.8, 4) is 0 Å². The molecule has 3 fully saturated rings. The van der Waals surface area contributed by atoms with Crippen molar-refractivity contribution < 1.29 is 72.5 Å². The molecule has 5 N–H and O–H groups in total. The summed E-state index contributed by atoms with van der Waals surface area (Å²) in [5.74, 6) is -6.15.